The quantitative estimate of drug-likeness (QED) is 0.741. The summed E-state index contributed by atoms with van der Waals surface area (Å²) in [6.45, 7) is 2.40. The topological polar surface area (TPSA) is 29.3 Å². The molecule has 1 saturated heterocycles. The molecule has 0 spiro atoms. The van der Waals surface area contributed by atoms with Crippen LogP contribution in [0.25, 0.3) is 0 Å². The van der Waals surface area contributed by atoms with Gasteiger partial charge in [0.25, 0.3) is 0 Å². The van der Waals surface area contributed by atoms with Crippen LogP contribution in [-0.2, 0) is 0 Å². The Morgan fingerprint density at radius 3 is 2.13 bits per heavy atom. The molecule has 2 rings (SSSR count). The second-order valence-electron chi connectivity index (χ2n) is 4.75. The van der Waals surface area contributed by atoms with Crippen molar-refractivity contribution in [1.29, 1.82) is 0 Å². The van der Waals surface area contributed by atoms with E-state index in [2.05, 4.69) is 29.5 Å². The van der Waals surface area contributed by atoms with Crippen LogP contribution in [0.3, 0.4) is 0 Å². The monoisotopic (exact) mass is 224 g/mol. The maximum Gasteiger partial charge on any atom is 0.0368 e. The highest BCUT2D eigenvalue weighted by atomic mass is 32.3. The van der Waals surface area contributed by atoms with Gasteiger partial charge in [-0.25, -0.2) is 10.0 Å². The summed E-state index contributed by atoms with van der Waals surface area (Å²) in [6, 6.07) is 8.23. The Morgan fingerprint density at radius 1 is 1.07 bits per heavy atom. The summed E-state index contributed by atoms with van der Waals surface area (Å²) in [7, 11) is -0.298. The molecule has 0 atom stereocenters. The van der Waals surface area contributed by atoms with Gasteiger partial charge < -0.3 is 10.6 Å². The second-order valence-corrected chi connectivity index (χ2v) is 9.10. The number of benzene rings is 1. The molecule has 2 N–H and O–H groups in total. The Balaban J connectivity index is 2.04. The third kappa shape index (κ3) is 2.59. The van der Waals surface area contributed by atoms with Crippen molar-refractivity contribution >= 4 is 21.4 Å². The van der Waals surface area contributed by atoms with E-state index in [0.29, 0.717) is 0 Å². The Kier molecular flexibility index (Phi) is 2.83. The molecule has 1 fully saturated rings. The van der Waals surface area contributed by atoms with Crippen molar-refractivity contribution in [3.05, 3.63) is 24.3 Å². The number of nitrogens with two attached hydrogens (primary N) is 1. The second kappa shape index (κ2) is 3.97. The number of anilines is 2. The van der Waals surface area contributed by atoms with Crippen molar-refractivity contribution in [2.45, 2.75) is 0 Å². The Labute approximate surface area is 93.8 Å². The van der Waals surface area contributed by atoms with E-state index in [1.54, 1.807) is 0 Å². The lowest BCUT2D eigenvalue weighted by Crippen LogP contribution is -2.37. The normalized spacial score (nSPS) is 22.4. The van der Waals surface area contributed by atoms with Gasteiger partial charge in [0.2, 0.25) is 0 Å². The lowest BCUT2D eigenvalue weighted by atomic mass is 10.2. The van der Waals surface area contributed by atoms with Gasteiger partial charge in [-0.3, -0.25) is 0 Å². The smallest absolute Gasteiger partial charge is 0.0368 e. The highest BCUT2D eigenvalue weighted by Crippen LogP contribution is 2.42. The average molecular weight is 224 g/mol. The summed E-state index contributed by atoms with van der Waals surface area (Å²) in [5, 5.41) is 0. The van der Waals surface area contributed by atoms with E-state index >= 15 is 0 Å². The van der Waals surface area contributed by atoms with Crippen LogP contribution in [0.5, 0.6) is 0 Å². The lowest BCUT2D eigenvalue weighted by Gasteiger charge is -2.42. The van der Waals surface area contributed by atoms with Gasteiger partial charge in [0.15, 0.2) is 0 Å². The van der Waals surface area contributed by atoms with Crippen LogP contribution >= 0.6 is 10.0 Å². The molecule has 15 heavy (non-hydrogen) atoms. The van der Waals surface area contributed by atoms with Crippen molar-refractivity contribution in [2.24, 2.45) is 0 Å². The Bertz CT molecular complexity index is 322. The van der Waals surface area contributed by atoms with Crippen molar-refractivity contribution in [3.8, 4) is 0 Å². The summed E-state index contributed by atoms with van der Waals surface area (Å²) in [5.74, 6) is 2.72. The standard InChI is InChI=1S/C12H20N2S/c1-15(2)9-7-14(8-10-15)12-5-3-11(13)4-6-12/h3-6H,7-10,13H2,1-2H3. The van der Waals surface area contributed by atoms with E-state index < -0.39 is 0 Å². The molecule has 84 valence electrons. The zero-order valence-electron chi connectivity index (χ0n) is 9.57. The molecule has 0 aromatic heterocycles. The minimum absolute atomic E-state index is 0.298. The Hall–Kier alpha value is -0.830. The van der Waals surface area contributed by atoms with Crippen LogP contribution in [0, 0.1) is 0 Å². The van der Waals surface area contributed by atoms with E-state index in [1.165, 1.54) is 30.3 Å². The van der Waals surface area contributed by atoms with Crippen LogP contribution in [0.4, 0.5) is 11.4 Å². The first-order valence-corrected chi connectivity index (χ1v) is 8.15. The van der Waals surface area contributed by atoms with E-state index in [-0.39, 0.29) is 10.0 Å². The molecule has 0 amide bonds. The van der Waals surface area contributed by atoms with Gasteiger partial charge in [0.1, 0.15) is 0 Å². The first-order valence-electron chi connectivity index (χ1n) is 5.36. The molecular formula is C12H20N2S. The van der Waals surface area contributed by atoms with Gasteiger partial charge >= 0.3 is 0 Å². The number of hydrogen-bond acceptors (Lipinski definition) is 2. The van der Waals surface area contributed by atoms with E-state index in [9.17, 15) is 0 Å². The van der Waals surface area contributed by atoms with Gasteiger partial charge in [0, 0.05) is 24.5 Å². The molecule has 1 aromatic carbocycles. The molecule has 1 aliphatic heterocycles. The molecule has 1 heterocycles. The van der Waals surface area contributed by atoms with Crippen LogP contribution in [0.1, 0.15) is 0 Å². The maximum absolute atomic E-state index is 5.68. The molecule has 0 bridgehead atoms. The summed E-state index contributed by atoms with van der Waals surface area (Å²) in [5.41, 5.74) is 7.85. The number of nitrogen functional groups attached to an aromatic ring is 1. The molecule has 0 aliphatic carbocycles. The van der Waals surface area contributed by atoms with Crippen LogP contribution in [0.2, 0.25) is 0 Å². The van der Waals surface area contributed by atoms with Gasteiger partial charge in [-0.05, 0) is 48.3 Å². The SMILES string of the molecule is CS1(C)CCN(c2ccc(N)cc2)CC1. The molecule has 0 saturated carbocycles. The highest BCUT2D eigenvalue weighted by Gasteiger charge is 2.21. The minimum Gasteiger partial charge on any atom is -0.399 e. The van der Waals surface area contributed by atoms with Gasteiger partial charge in [0.05, 0.1) is 0 Å². The predicted octanol–water partition coefficient (Wildman–Crippen LogP) is 2.15. The number of rotatable bonds is 1. The molecule has 1 aromatic rings. The van der Waals surface area contributed by atoms with Crippen LogP contribution in [-0.4, -0.2) is 37.1 Å². The lowest BCUT2D eigenvalue weighted by molar-refractivity contribution is 0.850. The molecule has 2 nitrogen and oxygen atoms in total. The average Bonchev–Trinajstić information content (AvgIpc) is 2.20. The molecule has 0 unspecified atom stereocenters. The molecule has 1 aliphatic rings. The fourth-order valence-corrected chi connectivity index (χ4v) is 3.51. The predicted molar refractivity (Wildman–Crippen MR) is 72.2 cm³/mol. The number of nitrogens with zero attached hydrogens (tertiary/aromatic N) is 1. The first-order chi connectivity index (χ1) is 7.07. The van der Waals surface area contributed by atoms with E-state index in [4.69, 9.17) is 5.73 Å². The zero-order chi connectivity index (χ0) is 10.9. The third-order valence-electron chi connectivity index (χ3n) is 3.09. The van der Waals surface area contributed by atoms with Gasteiger partial charge in [-0.2, -0.15) is 0 Å². The van der Waals surface area contributed by atoms with E-state index in [1.807, 2.05) is 12.1 Å². The molecule has 3 heteroatoms. The fraction of sp³-hybridized carbons (Fsp3) is 0.500. The van der Waals surface area contributed by atoms with Crippen molar-refractivity contribution in [3.63, 3.8) is 0 Å². The number of hydrogen-bond donors (Lipinski definition) is 1. The summed E-state index contributed by atoms with van der Waals surface area (Å²) < 4.78 is 0. The first kappa shape index (κ1) is 10.7. The largest absolute Gasteiger partial charge is 0.399 e. The minimum atomic E-state index is -0.298. The molecule has 0 radical (unpaired) electrons. The van der Waals surface area contributed by atoms with Crippen molar-refractivity contribution < 1.29 is 0 Å². The Morgan fingerprint density at radius 2 is 1.60 bits per heavy atom. The summed E-state index contributed by atoms with van der Waals surface area (Å²) in [4.78, 5) is 2.47. The maximum atomic E-state index is 5.68. The highest BCUT2D eigenvalue weighted by molar-refractivity contribution is 8.32. The van der Waals surface area contributed by atoms with Crippen molar-refractivity contribution in [1.82, 2.24) is 0 Å². The summed E-state index contributed by atoms with van der Waals surface area (Å²) >= 11 is 0. The fourth-order valence-electron chi connectivity index (χ4n) is 1.87. The summed E-state index contributed by atoms with van der Waals surface area (Å²) in [6.07, 6.45) is 4.88. The van der Waals surface area contributed by atoms with Crippen LogP contribution in [0.15, 0.2) is 24.3 Å². The van der Waals surface area contributed by atoms with Crippen molar-refractivity contribution in [2.75, 3.05) is 47.7 Å². The van der Waals surface area contributed by atoms with Crippen LogP contribution < -0.4 is 10.6 Å². The van der Waals surface area contributed by atoms with E-state index in [0.717, 1.165) is 5.69 Å². The van der Waals surface area contributed by atoms with Gasteiger partial charge in [-0.1, -0.05) is 0 Å². The molecular weight excluding hydrogens is 204 g/mol. The van der Waals surface area contributed by atoms with Gasteiger partial charge in [-0.15, -0.1) is 0 Å². The third-order valence-corrected chi connectivity index (χ3v) is 5.66. The zero-order valence-corrected chi connectivity index (χ0v) is 10.4.